The number of aryl methyl sites for hydroxylation is 1. The number of aromatic amines is 1. The van der Waals surface area contributed by atoms with Gasteiger partial charge in [-0.25, -0.2) is 4.79 Å². The quantitative estimate of drug-likeness (QED) is 0.458. The number of amides is 3. The number of ketones is 1. The summed E-state index contributed by atoms with van der Waals surface area (Å²) in [5.74, 6) is -1.36. The molecule has 0 bridgehead atoms. The molecule has 27 heavy (non-hydrogen) atoms. The van der Waals surface area contributed by atoms with Gasteiger partial charge in [0.2, 0.25) is 5.78 Å². The number of H-pyrrole nitrogens is 1. The van der Waals surface area contributed by atoms with E-state index in [-0.39, 0.29) is 18.7 Å². The zero-order valence-corrected chi connectivity index (χ0v) is 15.4. The van der Waals surface area contributed by atoms with Crippen LogP contribution < -0.4 is 5.32 Å². The highest BCUT2D eigenvalue weighted by molar-refractivity contribution is 6.10. The molecule has 1 saturated heterocycles. The third kappa shape index (κ3) is 3.55. The van der Waals surface area contributed by atoms with E-state index in [1.165, 1.54) is 0 Å². The Bertz CT molecular complexity index is 944. The van der Waals surface area contributed by atoms with Crippen LogP contribution in [-0.4, -0.2) is 52.3 Å². The number of nitrogens with one attached hydrogen (secondary N) is 2. The van der Waals surface area contributed by atoms with Crippen molar-refractivity contribution in [3.8, 4) is 0 Å². The lowest BCUT2D eigenvalue weighted by Crippen LogP contribution is -2.40. The van der Waals surface area contributed by atoms with Crippen LogP contribution in [0.4, 0.5) is 4.79 Å². The lowest BCUT2D eigenvalue weighted by atomic mass is 10.1. The molecule has 1 aliphatic heterocycles. The summed E-state index contributed by atoms with van der Waals surface area (Å²) in [5, 5.41) is 3.31. The maximum atomic E-state index is 12.5. The predicted molar refractivity (Wildman–Crippen MR) is 97.3 cm³/mol. The summed E-state index contributed by atoms with van der Waals surface area (Å²) in [6.07, 6.45) is -0.171. The molecular weight excluding hydrogens is 350 g/mol. The van der Waals surface area contributed by atoms with Gasteiger partial charge in [-0.1, -0.05) is 18.2 Å². The molecule has 1 aromatic carbocycles. The number of rotatable bonds is 6. The standard InChI is InChI=1S/C19H21N3O5/c1-11-16(12-6-4-5-7-13(12)20-11)14(23)10-27-15(24)8-9-22-17(25)19(2,3)21-18(22)26/h4-7,20H,8-10H2,1-3H3,(H,21,26). The Morgan fingerprint density at radius 2 is 1.89 bits per heavy atom. The highest BCUT2D eigenvalue weighted by Gasteiger charge is 2.44. The van der Waals surface area contributed by atoms with E-state index in [1.54, 1.807) is 20.8 Å². The van der Waals surface area contributed by atoms with E-state index in [1.807, 2.05) is 24.3 Å². The molecule has 2 aromatic rings. The van der Waals surface area contributed by atoms with Crippen LogP contribution in [0, 0.1) is 6.92 Å². The first-order chi connectivity index (χ1) is 12.7. The number of carbonyl (C=O) groups is 4. The summed E-state index contributed by atoms with van der Waals surface area (Å²) >= 11 is 0. The molecule has 2 N–H and O–H groups in total. The lowest BCUT2D eigenvalue weighted by Gasteiger charge is -2.15. The van der Waals surface area contributed by atoms with Gasteiger partial charge in [0.25, 0.3) is 5.91 Å². The van der Waals surface area contributed by atoms with Gasteiger partial charge in [0.15, 0.2) is 6.61 Å². The van der Waals surface area contributed by atoms with Crippen LogP contribution in [-0.2, 0) is 14.3 Å². The average molecular weight is 371 g/mol. The third-order valence-corrected chi connectivity index (χ3v) is 4.52. The van der Waals surface area contributed by atoms with Gasteiger partial charge in [-0.3, -0.25) is 19.3 Å². The SMILES string of the molecule is Cc1[nH]c2ccccc2c1C(=O)COC(=O)CCN1C(=O)NC(C)(C)C1=O. The van der Waals surface area contributed by atoms with E-state index in [0.29, 0.717) is 11.3 Å². The molecule has 1 aromatic heterocycles. The van der Waals surface area contributed by atoms with Crippen molar-refractivity contribution >= 4 is 34.6 Å². The van der Waals surface area contributed by atoms with Crippen LogP contribution in [0.5, 0.6) is 0 Å². The van der Waals surface area contributed by atoms with E-state index in [2.05, 4.69) is 10.3 Å². The van der Waals surface area contributed by atoms with Crippen LogP contribution >= 0.6 is 0 Å². The topological polar surface area (TPSA) is 109 Å². The maximum absolute atomic E-state index is 12.5. The van der Waals surface area contributed by atoms with Crippen LogP contribution in [0.1, 0.15) is 36.3 Å². The Hall–Kier alpha value is -3.16. The number of para-hydroxylation sites is 1. The van der Waals surface area contributed by atoms with Crippen LogP contribution in [0.15, 0.2) is 24.3 Å². The number of esters is 1. The molecule has 2 heterocycles. The molecule has 3 rings (SSSR count). The molecule has 142 valence electrons. The number of Topliss-reactive ketones (excluding diaryl/α,β-unsaturated/α-hetero) is 1. The predicted octanol–water partition coefficient (Wildman–Crippen LogP) is 1.92. The van der Waals surface area contributed by atoms with Crippen molar-refractivity contribution in [2.75, 3.05) is 13.2 Å². The zero-order chi connectivity index (χ0) is 19.8. The molecule has 0 spiro atoms. The van der Waals surface area contributed by atoms with Crippen molar-refractivity contribution in [3.05, 3.63) is 35.5 Å². The molecule has 8 heteroatoms. The summed E-state index contributed by atoms with van der Waals surface area (Å²) in [5.41, 5.74) is 1.06. The average Bonchev–Trinajstić information content (AvgIpc) is 3.03. The monoisotopic (exact) mass is 371 g/mol. The largest absolute Gasteiger partial charge is 0.457 e. The molecule has 0 aliphatic carbocycles. The molecule has 0 unspecified atom stereocenters. The Labute approximate surface area is 155 Å². The van der Waals surface area contributed by atoms with E-state index < -0.39 is 30.1 Å². The summed E-state index contributed by atoms with van der Waals surface area (Å²) in [7, 11) is 0. The minimum Gasteiger partial charge on any atom is -0.457 e. The van der Waals surface area contributed by atoms with Crippen LogP contribution in [0.25, 0.3) is 10.9 Å². The molecule has 1 aliphatic rings. The number of imide groups is 1. The molecule has 0 saturated carbocycles. The van der Waals surface area contributed by atoms with E-state index in [9.17, 15) is 19.2 Å². The van der Waals surface area contributed by atoms with Gasteiger partial charge in [0.05, 0.1) is 6.42 Å². The van der Waals surface area contributed by atoms with Crippen LogP contribution in [0.3, 0.4) is 0 Å². The normalized spacial score (nSPS) is 15.9. The molecular formula is C19H21N3O5. The van der Waals surface area contributed by atoms with Gasteiger partial charge in [-0.15, -0.1) is 0 Å². The Morgan fingerprint density at radius 3 is 2.56 bits per heavy atom. The van der Waals surface area contributed by atoms with Crippen molar-refractivity contribution in [1.29, 1.82) is 0 Å². The number of aromatic nitrogens is 1. The number of nitrogens with zero attached hydrogens (tertiary/aromatic N) is 1. The van der Waals surface area contributed by atoms with E-state index in [0.717, 1.165) is 15.8 Å². The van der Waals surface area contributed by atoms with Crippen molar-refractivity contribution < 1.29 is 23.9 Å². The van der Waals surface area contributed by atoms with Crippen molar-refractivity contribution in [2.24, 2.45) is 0 Å². The number of hydrogen-bond donors (Lipinski definition) is 2. The first-order valence-electron chi connectivity index (χ1n) is 8.61. The molecule has 3 amide bonds. The fourth-order valence-corrected chi connectivity index (χ4v) is 3.15. The lowest BCUT2D eigenvalue weighted by molar-refractivity contribution is -0.143. The molecule has 1 fully saturated rings. The molecule has 0 atom stereocenters. The summed E-state index contributed by atoms with van der Waals surface area (Å²) < 4.78 is 5.04. The van der Waals surface area contributed by atoms with E-state index >= 15 is 0 Å². The summed E-state index contributed by atoms with van der Waals surface area (Å²) in [4.78, 5) is 52.4. The minimum atomic E-state index is -0.982. The van der Waals surface area contributed by atoms with Crippen molar-refractivity contribution in [3.63, 3.8) is 0 Å². The summed E-state index contributed by atoms with van der Waals surface area (Å²) in [6.45, 7) is 4.48. The highest BCUT2D eigenvalue weighted by atomic mass is 16.5. The fraction of sp³-hybridized carbons (Fsp3) is 0.368. The first kappa shape index (κ1) is 18.6. The second-order valence-corrected chi connectivity index (χ2v) is 7.02. The number of ether oxygens (including phenoxy) is 1. The number of urea groups is 1. The maximum Gasteiger partial charge on any atom is 0.325 e. The third-order valence-electron chi connectivity index (χ3n) is 4.52. The fourth-order valence-electron chi connectivity index (χ4n) is 3.15. The van der Waals surface area contributed by atoms with Gasteiger partial charge in [0, 0.05) is 28.7 Å². The van der Waals surface area contributed by atoms with Gasteiger partial charge >= 0.3 is 12.0 Å². The van der Waals surface area contributed by atoms with Gasteiger partial charge in [-0.05, 0) is 26.8 Å². The van der Waals surface area contributed by atoms with Crippen molar-refractivity contribution in [1.82, 2.24) is 15.2 Å². The molecule has 8 nitrogen and oxygen atoms in total. The molecule has 0 radical (unpaired) electrons. The number of hydrogen-bond acceptors (Lipinski definition) is 5. The number of carbonyl (C=O) groups excluding carboxylic acids is 4. The minimum absolute atomic E-state index is 0.0900. The second-order valence-electron chi connectivity index (χ2n) is 7.02. The Morgan fingerprint density at radius 1 is 1.19 bits per heavy atom. The van der Waals surface area contributed by atoms with Gasteiger partial charge in [0.1, 0.15) is 5.54 Å². The highest BCUT2D eigenvalue weighted by Crippen LogP contribution is 2.22. The van der Waals surface area contributed by atoms with Gasteiger partial charge in [-0.2, -0.15) is 0 Å². The van der Waals surface area contributed by atoms with E-state index in [4.69, 9.17) is 4.74 Å². The smallest absolute Gasteiger partial charge is 0.325 e. The van der Waals surface area contributed by atoms with Gasteiger partial charge < -0.3 is 15.0 Å². The number of fused-ring (bicyclic) bond motifs is 1. The summed E-state index contributed by atoms with van der Waals surface area (Å²) in [6, 6.07) is 6.85. The second kappa shape index (κ2) is 6.86. The number of benzene rings is 1. The Balaban J connectivity index is 1.56. The zero-order valence-electron chi connectivity index (χ0n) is 15.4. The Kier molecular flexibility index (Phi) is 4.73. The first-order valence-corrected chi connectivity index (χ1v) is 8.61. The van der Waals surface area contributed by atoms with Crippen LogP contribution in [0.2, 0.25) is 0 Å². The van der Waals surface area contributed by atoms with Crippen molar-refractivity contribution in [2.45, 2.75) is 32.7 Å².